The van der Waals surface area contributed by atoms with Gasteiger partial charge in [0.2, 0.25) is 18.1 Å². The number of likely N-dealkylation sites (tertiary alicyclic amines) is 1. The highest BCUT2D eigenvalue weighted by atomic mass is 32.1. The van der Waals surface area contributed by atoms with Crippen LogP contribution in [0.5, 0.6) is 0 Å². The van der Waals surface area contributed by atoms with Crippen LogP contribution in [-0.2, 0) is 17.5 Å². The van der Waals surface area contributed by atoms with Gasteiger partial charge in [0.25, 0.3) is 5.91 Å². The summed E-state index contributed by atoms with van der Waals surface area (Å²) in [6, 6.07) is 13.4. The first-order valence-corrected chi connectivity index (χ1v) is 14.0. The van der Waals surface area contributed by atoms with Crippen molar-refractivity contribution in [1.29, 1.82) is 5.26 Å². The molecule has 0 saturated carbocycles. The van der Waals surface area contributed by atoms with Crippen molar-refractivity contribution in [3.63, 3.8) is 0 Å². The molecule has 10 nitrogen and oxygen atoms in total. The average Bonchev–Trinajstić information content (AvgIpc) is 3.66. The highest BCUT2D eigenvalue weighted by molar-refractivity contribution is 7.12. The Bertz CT molecular complexity index is 1740. The lowest BCUT2D eigenvalue weighted by molar-refractivity contribution is -0.137. The number of aliphatic imine (C=N–C) groups is 1. The fourth-order valence-electron chi connectivity index (χ4n) is 4.90. The maximum absolute atomic E-state index is 13.8. The number of nitrogens with two attached hydrogens (primary N) is 1. The van der Waals surface area contributed by atoms with Gasteiger partial charge in [-0.05, 0) is 60.2 Å². The van der Waals surface area contributed by atoms with Gasteiger partial charge in [-0.15, -0.1) is 16.3 Å². The number of primary amides is 1. The summed E-state index contributed by atoms with van der Waals surface area (Å²) >= 11 is 1.14. The normalized spacial score (nSPS) is 15.3. The molecule has 1 atom stereocenters. The Labute approximate surface area is 248 Å². The second-order valence-corrected chi connectivity index (χ2v) is 10.6. The van der Waals surface area contributed by atoms with Gasteiger partial charge in [-0.1, -0.05) is 18.2 Å². The fraction of sp³-hybridized carbons (Fsp3) is 0.207. The third-order valence-corrected chi connectivity index (χ3v) is 7.78. The predicted molar refractivity (Wildman–Crippen MR) is 158 cm³/mol. The summed E-state index contributed by atoms with van der Waals surface area (Å²) in [7, 11) is 0. The van der Waals surface area contributed by atoms with Crippen LogP contribution in [-0.4, -0.2) is 40.2 Å². The molecule has 0 aliphatic carbocycles. The largest absolute Gasteiger partial charge is 0.416 e. The smallest absolute Gasteiger partial charge is 0.380 e. The molecule has 220 valence electrons. The number of thiophene rings is 1. The minimum absolute atomic E-state index is 0.0941. The van der Waals surface area contributed by atoms with E-state index in [9.17, 15) is 28.0 Å². The lowest BCUT2D eigenvalue weighted by atomic mass is 10.1. The van der Waals surface area contributed by atoms with Gasteiger partial charge in [0, 0.05) is 36.0 Å². The molecule has 5 rings (SSSR count). The summed E-state index contributed by atoms with van der Waals surface area (Å²) in [5.41, 5.74) is 6.51. The van der Waals surface area contributed by atoms with Gasteiger partial charge in [-0.25, -0.2) is 0 Å². The van der Waals surface area contributed by atoms with Crippen molar-refractivity contribution in [3.8, 4) is 6.19 Å². The number of carbonyl (C=O) groups excluding carboxylic acids is 2. The van der Waals surface area contributed by atoms with E-state index in [2.05, 4.69) is 25.9 Å². The molecule has 1 aliphatic rings. The Balaban J connectivity index is 1.37. The van der Waals surface area contributed by atoms with E-state index in [-0.39, 0.29) is 22.2 Å². The van der Waals surface area contributed by atoms with Crippen LogP contribution in [0.1, 0.15) is 33.6 Å². The van der Waals surface area contributed by atoms with E-state index in [0.717, 1.165) is 39.9 Å². The van der Waals surface area contributed by atoms with Crippen molar-refractivity contribution in [2.75, 3.05) is 22.5 Å². The minimum atomic E-state index is -4.74. The van der Waals surface area contributed by atoms with Crippen LogP contribution in [0.3, 0.4) is 0 Å². The van der Waals surface area contributed by atoms with Crippen molar-refractivity contribution in [3.05, 3.63) is 82.2 Å². The second-order valence-electron chi connectivity index (χ2n) is 9.67. The molecule has 3 heterocycles. The molecule has 2 amide bonds. The van der Waals surface area contributed by atoms with E-state index in [1.807, 2.05) is 30.3 Å². The number of guanidine groups is 1. The minimum Gasteiger partial charge on any atom is -0.380 e. The van der Waals surface area contributed by atoms with E-state index in [1.165, 1.54) is 11.0 Å². The van der Waals surface area contributed by atoms with Gasteiger partial charge in [-0.3, -0.25) is 14.6 Å². The SMILES string of the molecule is N#C/N=C(/Nc1cc(NC(=O)c2sccc2NCc2ccnc3ccccc23)cc(C(F)(F)F)c1)N1CCC[C@@H]1C(N)=O. The van der Waals surface area contributed by atoms with Crippen LogP contribution in [0.4, 0.5) is 30.2 Å². The Morgan fingerprint density at radius 1 is 1.14 bits per heavy atom. The van der Waals surface area contributed by atoms with Crippen molar-refractivity contribution >= 4 is 57.1 Å². The average molecular weight is 607 g/mol. The quantitative estimate of drug-likeness (QED) is 0.125. The third-order valence-electron chi connectivity index (χ3n) is 6.86. The third kappa shape index (κ3) is 6.68. The molecule has 14 heteroatoms. The zero-order chi connectivity index (χ0) is 30.6. The Morgan fingerprint density at radius 2 is 1.91 bits per heavy atom. The number of hydrogen-bond donors (Lipinski definition) is 4. The number of nitrogens with one attached hydrogen (secondary N) is 3. The van der Waals surface area contributed by atoms with Crippen LogP contribution in [0.15, 0.2) is 71.2 Å². The van der Waals surface area contributed by atoms with Crippen molar-refractivity contribution in [1.82, 2.24) is 9.88 Å². The maximum Gasteiger partial charge on any atom is 0.416 e. The van der Waals surface area contributed by atoms with Gasteiger partial charge >= 0.3 is 6.18 Å². The number of amides is 2. The van der Waals surface area contributed by atoms with Gasteiger partial charge in [-0.2, -0.15) is 18.4 Å². The first-order chi connectivity index (χ1) is 20.6. The number of rotatable bonds is 7. The number of fused-ring (bicyclic) bond motifs is 1. The second kappa shape index (κ2) is 12.4. The number of nitriles is 1. The zero-order valence-corrected chi connectivity index (χ0v) is 23.3. The molecule has 1 saturated heterocycles. The summed E-state index contributed by atoms with van der Waals surface area (Å²) in [4.78, 5) is 34.9. The first kappa shape index (κ1) is 29.3. The summed E-state index contributed by atoms with van der Waals surface area (Å²) in [5.74, 6) is -1.37. The van der Waals surface area contributed by atoms with E-state index in [4.69, 9.17) is 5.73 Å². The lowest BCUT2D eigenvalue weighted by Gasteiger charge is -2.26. The molecule has 0 spiro atoms. The molecule has 2 aromatic carbocycles. The topological polar surface area (TPSA) is 149 Å². The molecule has 0 unspecified atom stereocenters. The Hall–Kier alpha value is -5.16. The van der Waals surface area contributed by atoms with Crippen molar-refractivity contribution in [2.45, 2.75) is 31.6 Å². The highest BCUT2D eigenvalue weighted by Gasteiger charge is 2.34. The molecule has 43 heavy (non-hydrogen) atoms. The van der Waals surface area contributed by atoms with Gasteiger partial charge in [0.1, 0.15) is 10.9 Å². The number of pyridine rings is 1. The fourth-order valence-corrected chi connectivity index (χ4v) is 5.67. The summed E-state index contributed by atoms with van der Waals surface area (Å²) < 4.78 is 41.5. The number of alkyl halides is 3. The predicted octanol–water partition coefficient (Wildman–Crippen LogP) is 5.38. The Morgan fingerprint density at radius 3 is 2.65 bits per heavy atom. The first-order valence-electron chi connectivity index (χ1n) is 13.1. The van der Waals surface area contributed by atoms with Crippen LogP contribution in [0.2, 0.25) is 0 Å². The lowest BCUT2D eigenvalue weighted by Crippen LogP contribution is -2.46. The van der Waals surface area contributed by atoms with E-state index in [1.54, 1.807) is 23.8 Å². The zero-order valence-electron chi connectivity index (χ0n) is 22.5. The molecule has 2 aromatic heterocycles. The van der Waals surface area contributed by atoms with E-state index >= 15 is 0 Å². The molecular formula is C29H25F3N8O2S. The number of carbonyl (C=O) groups is 2. The molecule has 4 aromatic rings. The number of nitrogens with zero attached hydrogens (tertiary/aromatic N) is 4. The maximum atomic E-state index is 13.8. The number of anilines is 3. The van der Waals surface area contributed by atoms with Crippen LogP contribution in [0, 0.1) is 11.5 Å². The number of benzene rings is 2. The van der Waals surface area contributed by atoms with E-state index < -0.39 is 29.6 Å². The Kier molecular flexibility index (Phi) is 8.44. The molecular weight excluding hydrogens is 581 g/mol. The van der Waals surface area contributed by atoms with E-state index in [0.29, 0.717) is 31.6 Å². The molecule has 1 aliphatic heterocycles. The summed E-state index contributed by atoms with van der Waals surface area (Å²) in [5, 5.41) is 20.4. The van der Waals surface area contributed by atoms with Crippen LogP contribution in [0.25, 0.3) is 10.9 Å². The molecule has 1 fully saturated rings. The van der Waals surface area contributed by atoms with Gasteiger partial charge < -0.3 is 26.6 Å². The van der Waals surface area contributed by atoms with Crippen molar-refractivity contribution < 1.29 is 22.8 Å². The monoisotopic (exact) mass is 606 g/mol. The van der Waals surface area contributed by atoms with Crippen LogP contribution < -0.4 is 21.7 Å². The standard InChI is InChI=1S/C29H25F3N8O2S/c30-29(31,32)18-12-19(14-20(13-18)39-28(37-16-33)40-10-3-6-24(40)26(34)41)38-27(42)25-23(8-11-43-25)36-15-17-7-9-35-22-5-2-1-4-21(17)22/h1-2,4-5,7-9,11-14,24,36H,3,6,10,15H2,(H2,34,41)(H,37,39)(H,38,42)/t24-/m1/s1. The van der Waals surface area contributed by atoms with Crippen LogP contribution >= 0.6 is 11.3 Å². The van der Waals surface area contributed by atoms with Gasteiger partial charge in [0.15, 0.2) is 0 Å². The molecule has 0 radical (unpaired) electrons. The van der Waals surface area contributed by atoms with Gasteiger partial charge in [0.05, 0.1) is 16.8 Å². The number of hydrogen-bond acceptors (Lipinski definition) is 7. The molecule has 0 bridgehead atoms. The van der Waals surface area contributed by atoms with Crippen molar-refractivity contribution in [2.24, 2.45) is 10.7 Å². The molecule has 5 N–H and O–H groups in total. The number of halogens is 3. The summed E-state index contributed by atoms with van der Waals surface area (Å²) in [6.07, 6.45) is -0.438. The number of aromatic nitrogens is 1. The number of para-hydroxylation sites is 1. The highest BCUT2D eigenvalue weighted by Crippen LogP contribution is 2.34. The summed E-state index contributed by atoms with van der Waals surface area (Å²) in [6.45, 7) is 0.717.